The second kappa shape index (κ2) is 13.7. The highest BCUT2D eigenvalue weighted by molar-refractivity contribution is 7.93. The lowest BCUT2D eigenvalue weighted by atomic mass is 10.1. The number of nitrogens with zero attached hydrogens (tertiary/aromatic N) is 3. The maximum Gasteiger partial charge on any atom is 0.416 e. The van der Waals surface area contributed by atoms with E-state index in [1.165, 1.54) is 12.1 Å². The van der Waals surface area contributed by atoms with Crippen molar-refractivity contribution >= 4 is 53.2 Å². The van der Waals surface area contributed by atoms with Gasteiger partial charge in [0.05, 0.1) is 54.7 Å². The Morgan fingerprint density at radius 2 is 0.904 bits per heavy atom. The SMILES string of the molecule is CN(Cc1ccc2cccc(NS(=O)(=O)c3ccc(C(F)(F)F)cc3)c2n1)Cc1ccc2cccc(NS(=O)(=O)c3ccc(C(F)(F)F)cc3)c2n1. The molecule has 0 unspecified atom stereocenters. The normalized spacial score (nSPS) is 12.8. The topological polar surface area (TPSA) is 121 Å². The molecule has 2 aromatic heterocycles. The second-order valence-corrected chi connectivity index (χ2v) is 15.2. The van der Waals surface area contributed by atoms with E-state index in [1.54, 1.807) is 55.6 Å². The van der Waals surface area contributed by atoms with E-state index in [0.29, 0.717) is 57.5 Å². The number of pyridine rings is 2. The Bertz CT molecular complexity index is 2320. The summed E-state index contributed by atoms with van der Waals surface area (Å²) in [5.41, 5.74) is 0.0494. The molecular formula is C35H27F6N5O4S2. The van der Waals surface area contributed by atoms with Gasteiger partial charge in [-0.25, -0.2) is 26.8 Å². The molecule has 4 aromatic carbocycles. The van der Waals surface area contributed by atoms with Crippen molar-refractivity contribution in [2.24, 2.45) is 0 Å². The number of anilines is 2. The first-order valence-corrected chi connectivity index (χ1v) is 18.2. The summed E-state index contributed by atoms with van der Waals surface area (Å²) in [6, 6.07) is 23.0. The summed E-state index contributed by atoms with van der Waals surface area (Å²) in [4.78, 5) is 10.5. The van der Waals surface area contributed by atoms with Crippen molar-refractivity contribution in [3.63, 3.8) is 0 Å². The number of hydrogen-bond donors (Lipinski definition) is 2. The highest BCUT2D eigenvalue weighted by Crippen LogP contribution is 2.32. The van der Waals surface area contributed by atoms with Crippen LogP contribution >= 0.6 is 0 Å². The van der Waals surface area contributed by atoms with E-state index in [4.69, 9.17) is 0 Å². The first-order valence-electron chi connectivity index (χ1n) is 15.3. The summed E-state index contributed by atoms with van der Waals surface area (Å²) in [6.45, 7) is 0.551. The third kappa shape index (κ3) is 8.11. The van der Waals surface area contributed by atoms with Gasteiger partial charge >= 0.3 is 12.4 Å². The van der Waals surface area contributed by atoms with Gasteiger partial charge in [-0.05, 0) is 79.8 Å². The summed E-state index contributed by atoms with van der Waals surface area (Å²) >= 11 is 0. The number of aromatic nitrogens is 2. The van der Waals surface area contributed by atoms with Gasteiger partial charge in [-0.15, -0.1) is 0 Å². The van der Waals surface area contributed by atoms with Crippen molar-refractivity contribution in [3.8, 4) is 0 Å². The van der Waals surface area contributed by atoms with Crippen molar-refractivity contribution < 1.29 is 43.2 Å². The highest BCUT2D eigenvalue weighted by atomic mass is 32.2. The average molecular weight is 760 g/mol. The summed E-state index contributed by atoms with van der Waals surface area (Å²) in [5, 5.41) is 1.22. The summed E-state index contributed by atoms with van der Waals surface area (Å²) in [7, 11) is -6.73. The predicted octanol–water partition coefficient (Wildman–Crippen LogP) is 8.05. The fourth-order valence-electron chi connectivity index (χ4n) is 5.38. The first-order chi connectivity index (χ1) is 24.4. The molecule has 2 N–H and O–H groups in total. The molecule has 17 heteroatoms. The number of hydrogen-bond acceptors (Lipinski definition) is 7. The quantitative estimate of drug-likeness (QED) is 0.136. The molecule has 0 atom stereocenters. The fourth-order valence-corrected chi connectivity index (χ4v) is 7.51. The van der Waals surface area contributed by atoms with Gasteiger partial charge in [0.25, 0.3) is 20.0 Å². The van der Waals surface area contributed by atoms with Crippen LogP contribution in [0.4, 0.5) is 37.7 Å². The number of halogens is 6. The average Bonchev–Trinajstić information content (AvgIpc) is 3.08. The van der Waals surface area contributed by atoms with Gasteiger partial charge in [0.1, 0.15) is 0 Å². The predicted molar refractivity (Wildman–Crippen MR) is 183 cm³/mol. The monoisotopic (exact) mass is 759 g/mol. The maximum atomic E-state index is 13.1. The van der Waals surface area contributed by atoms with Gasteiger partial charge in [0.15, 0.2) is 0 Å². The molecule has 0 amide bonds. The van der Waals surface area contributed by atoms with Crippen molar-refractivity contribution in [2.45, 2.75) is 35.2 Å². The standard InChI is InChI=1S/C35H27F6N5O4S2/c1-46(20-26-14-8-22-4-2-6-30(32(22)42-26)44-51(47,48)28-16-10-24(11-17-28)34(36,37)38)21-27-15-9-23-5-3-7-31(33(23)43-27)45-52(49,50)29-18-12-25(13-19-29)35(39,40)41/h2-19,44-45H,20-21H2,1H3. The van der Waals surface area contributed by atoms with Gasteiger partial charge < -0.3 is 0 Å². The molecule has 270 valence electrons. The molecule has 9 nitrogen and oxygen atoms in total. The lowest BCUT2D eigenvalue weighted by Gasteiger charge is -2.18. The number of alkyl halides is 6. The van der Waals surface area contributed by atoms with Crippen molar-refractivity contribution in [3.05, 3.63) is 132 Å². The van der Waals surface area contributed by atoms with Crippen molar-refractivity contribution in [1.82, 2.24) is 14.9 Å². The largest absolute Gasteiger partial charge is 0.416 e. The summed E-state index contributed by atoms with van der Waals surface area (Å²) in [5.74, 6) is 0. The lowest BCUT2D eigenvalue weighted by Crippen LogP contribution is -2.19. The smallest absolute Gasteiger partial charge is 0.295 e. The van der Waals surface area contributed by atoms with E-state index >= 15 is 0 Å². The van der Waals surface area contributed by atoms with Crippen LogP contribution in [0.2, 0.25) is 0 Å². The Hall–Kier alpha value is -5.26. The van der Waals surface area contributed by atoms with E-state index in [-0.39, 0.29) is 34.3 Å². The van der Waals surface area contributed by atoms with Gasteiger partial charge in [-0.1, -0.05) is 36.4 Å². The molecule has 0 bridgehead atoms. The molecule has 0 saturated carbocycles. The zero-order valence-corrected chi connectivity index (χ0v) is 28.5. The fraction of sp³-hybridized carbons (Fsp3) is 0.143. The molecule has 0 radical (unpaired) electrons. The Morgan fingerprint density at radius 3 is 1.25 bits per heavy atom. The Balaban J connectivity index is 1.19. The molecule has 0 aliphatic carbocycles. The Kier molecular flexibility index (Phi) is 9.63. The molecule has 52 heavy (non-hydrogen) atoms. The van der Waals surface area contributed by atoms with E-state index < -0.39 is 43.5 Å². The highest BCUT2D eigenvalue weighted by Gasteiger charge is 2.32. The molecule has 0 aliphatic rings. The first kappa shape index (κ1) is 36.5. The molecular weight excluding hydrogens is 733 g/mol. The number of benzene rings is 4. The van der Waals surface area contributed by atoms with E-state index in [9.17, 15) is 43.2 Å². The van der Waals surface area contributed by atoms with Crippen LogP contribution in [0.15, 0.2) is 119 Å². The van der Waals surface area contributed by atoms with Gasteiger partial charge in [0.2, 0.25) is 0 Å². The third-order valence-corrected chi connectivity index (χ3v) is 10.7. The minimum Gasteiger partial charge on any atom is -0.295 e. The zero-order chi connectivity index (χ0) is 37.5. The minimum absolute atomic E-state index is 0.129. The zero-order valence-electron chi connectivity index (χ0n) is 26.9. The van der Waals surface area contributed by atoms with Crippen LogP contribution in [0.3, 0.4) is 0 Å². The summed E-state index contributed by atoms with van der Waals surface area (Å²) < 4.78 is 135. The number of sulfonamides is 2. The van der Waals surface area contributed by atoms with Crippen LogP contribution in [0.1, 0.15) is 22.5 Å². The molecule has 0 spiro atoms. The van der Waals surface area contributed by atoms with Crippen molar-refractivity contribution in [1.29, 1.82) is 0 Å². The van der Waals surface area contributed by atoms with Crippen LogP contribution in [-0.2, 0) is 45.5 Å². The Morgan fingerprint density at radius 1 is 0.538 bits per heavy atom. The van der Waals surface area contributed by atoms with Crippen LogP contribution in [0.5, 0.6) is 0 Å². The number of fused-ring (bicyclic) bond motifs is 2. The van der Waals surface area contributed by atoms with Gasteiger partial charge in [-0.2, -0.15) is 26.3 Å². The van der Waals surface area contributed by atoms with Crippen LogP contribution in [-0.4, -0.2) is 38.8 Å². The minimum atomic E-state index is -4.62. The van der Waals surface area contributed by atoms with Crippen LogP contribution in [0.25, 0.3) is 21.8 Å². The molecule has 0 saturated heterocycles. The van der Waals surface area contributed by atoms with E-state index in [1.807, 2.05) is 4.90 Å². The molecule has 2 heterocycles. The molecule has 6 aromatic rings. The maximum absolute atomic E-state index is 13.1. The lowest BCUT2D eigenvalue weighted by molar-refractivity contribution is -0.138. The van der Waals surface area contributed by atoms with E-state index in [2.05, 4.69) is 19.4 Å². The van der Waals surface area contributed by atoms with Crippen LogP contribution < -0.4 is 9.44 Å². The third-order valence-electron chi connectivity index (χ3n) is 7.89. The van der Waals surface area contributed by atoms with Crippen molar-refractivity contribution in [2.75, 3.05) is 16.5 Å². The van der Waals surface area contributed by atoms with Gasteiger partial charge in [0, 0.05) is 23.9 Å². The molecule has 0 fully saturated rings. The Labute approximate surface area is 294 Å². The number of para-hydroxylation sites is 2. The number of nitrogens with one attached hydrogen (secondary N) is 2. The summed E-state index contributed by atoms with van der Waals surface area (Å²) in [6.07, 6.45) is -9.24. The second-order valence-electron chi connectivity index (χ2n) is 11.8. The number of rotatable bonds is 10. The molecule has 6 rings (SSSR count). The van der Waals surface area contributed by atoms with E-state index in [0.717, 1.165) is 24.3 Å². The molecule has 0 aliphatic heterocycles. The van der Waals surface area contributed by atoms with Gasteiger partial charge in [-0.3, -0.25) is 14.3 Å². The van der Waals surface area contributed by atoms with Crippen LogP contribution in [0, 0.1) is 0 Å².